The van der Waals surface area contributed by atoms with Crippen molar-refractivity contribution in [2.24, 2.45) is 0 Å². The molecule has 32 heavy (non-hydrogen) atoms. The van der Waals surface area contributed by atoms with E-state index in [0.29, 0.717) is 22.4 Å². The van der Waals surface area contributed by atoms with Crippen molar-refractivity contribution in [1.82, 2.24) is 4.98 Å². The molecule has 0 radical (unpaired) electrons. The predicted molar refractivity (Wildman–Crippen MR) is 111 cm³/mol. The average Bonchev–Trinajstić information content (AvgIpc) is 2.77. The minimum atomic E-state index is -4.62. The van der Waals surface area contributed by atoms with Gasteiger partial charge in [-0.1, -0.05) is 24.3 Å². The number of alkyl halides is 3. The number of nitrogens with zero attached hydrogens (tertiary/aromatic N) is 1. The Kier molecular flexibility index (Phi) is 5.30. The van der Waals surface area contributed by atoms with Crippen LogP contribution in [0.25, 0.3) is 33.3 Å². The molecule has 0 saturated carbocycles. The number of fused-ring (bicyclic) bond motifs is 1. The molecule has 3 aromatic carbocycles. The lowest BCUT2D eigenvalue weighted by atomic mass is 9.99. The summed E-state index contributed by atoms with van der Waals surface area (Å²) in [7, 11) is 1.52. The molecule has 0 saturated heterocycles. The highest BCUT2D eigenvalue weighted by atomic mass is 19.4. The van der Waals surface area contributed by atoms with Crippen LogP contribution in [-0.4, -0.2) is 23.2 Å². The van der Waals surface area contributed by atoms with Crippen molar-refractivity contribution in [2.45, 2.75) is 6.18 Å². The van der Waals surface area contributed by atoms with Crippen molar-refractivity contribution in [1.29, 1.82) is 0 Å². The molecule has 0 aliphatic carbocycles. The molecule has 162 valence electrons. The van der Waals surface area contributed by atoms with Crippen LogP contribution >= 0.6 is 0 Å². The fourth-order valence-electron chi connectivity index (χ4n) is 3.41. The monoisotopic (exact) mass is 441 g/mol. The number of aromatic carboxylic acids is 1. The fraction of sp³-hybridized carbons (Fsp3) is 0.0833. The smallest absolute Gasteiger partial charge is 0.416 e. The zero-order valence-electron chi connectivity index (χ0n) is 16.6. The van der Waals surface area contributed by atoms with Gasteiger partial charge in [0.1, 0.15) is 11.6 Å². The van der Waals surface area contributed by atoms with E-state index < -0.39 is 23.5 Å². The van der Waals surface area contributed by atoms with E-state index >= 15 is 0 Å². The molecule has 4 nitrogen and oxygen atoms in total. The van der Waals surface area contributed by atoms with Gasteiger partial charge in [0.25, 0.3) is 0 Å². The van der Waals surface area contributed by atoms with Crippen LogP contribution in [0.2, 0.25) is 0 Å². The number of ether oxygens (including phenoxy) is 1. The molecule has 1 aromatic heterocycles. The number of halogens is 4. The Morgan fingerprint density at radius 1 is 0.938 bits per heavy atom. The number of aromatic nitrogens is 1. The summed E-state index contributed by atoms with van der Waals surface area (Å²) in [6.07, 6.45) is -4.62. The summed E-state index contributed by atoms with van der Waals surface area (Å²) >= 11 is 0. The summed E-state index contributed by atoms with van der Waals surface area (Å²) in [5.41, 5.74) is 0.108. The number of methoxy groups -OCH3 is 1. The number of hydrogen-bond acceptors (Lipinski definition) is 3. The Labute approximate surface area is 179 Å². The molecule has 0 aliphatic rings. The van der Waals surface area contributed by atoms with Gasteiger partial charge in [0.05, 0.1) is 29.4 Å². The van der Waals surface area contributed by atoms with Crippen molar-refractivity contribution < 1.29 is 32.2 Å². The van der Waals surface area contributed by atoms with Crippen LogP contribution < -0.4 is 4.74 Å². The summed E-state index contributed by atoms with van der Waals surface area (Å²) < 4.78 is 59.1. The van der Waals surface area contributed by atoms with E-state index in [1.165, 1.54) is 19.2 Å². The number of carbonyl (C=O) groups is 1. The summed E-state index contributed by atoms with van der Waals surface area (Å²) in [6, 6.07) is 15.0. The maximum Gasteiger partial charge on any atom is 0.416 e. The van der Waals surface area contributed by atoms with Gasteiger partial charge < -0.3 is 9.84 Å². The number of carboxylic acids is 1. The molecule has 0 atom stereocenters. The van der Waals surface area contributed by atoms with Gasteiger partial charge >= 0.3 is 12.1 Å². The normalized spacial score (nSPS) is 11.5. The molecule has 0 spiro atoms. The van der Waals surface area contributed by atoms with E-state index in [2.05, 4.69) is 4.98 Å². The molecular weight excluding hydrogens is 426 g/mol. The molecule has 0 amide bonds. The van der Waals surface area contributed by atoms with Crippen molar-refractivity contribution in [3.05, 3.63) is 83.7 Å². The summed E-state index contributed by atoms with van der Waals surface area (Å²) in [4.78, 5) is 16.0. The largest absolute Gasteiger partial charge is 0.497 e. The Morgan fingerprint density at radius 3 is 2.22 bits per heavy atom. The molecule has 4 aromatic rings. The number of rotatable bonds is 4. The number of pyridine rings is 1. The van der Waals surface area contributed by atoms with E-state index in [0.717, 1.165) is 24.3 Å². The summed E-state index contributed by atoms with van der Waals surface area (Å²) in [5, 5.41) is 9.40. The molecule has 0 unspecified atom stereocenters. The lowest BCUT2D eigenvalue weighted by molar-refractivity contribution is -0.137. The molecule has 1 N–H and O–H groups in total. The molecule has 0 bridgehead atoms. The summed E-state index contributed by atoms with van der Waals surface area (Å²) in [6.45, 7) is 0. The Morgan fingerprint density at radius 2 is 1.62 bits per heavy atom. The van der Waals surface area contributed by atoms with Crippen LogP contribution in [0.5, 0.6) is 5.75 Å². The molecule has 4 rings (SSSR count). The van der Waals surface area contributed by atoms with E-state index in [4.69, 9.17) is 4.74 Å². The quantitative estimate of drug-likeness (QED) is 0.371. The first-order valence-electron chi connectivity index (χ1n) is 9.37. The van der Waals surface area contributed by atoms with Gasteiger partial charge in [0.15, 0.2) is 0 Å². The topological polar surface area (TPSA) is 59.4 Å². The van der Waals surface area contributed by atoms with Crippen LogP contribution in [0.4, 0.5) is 17.6 Å². The maximum atomic E-state index is 14.9. The van der Waals surface area contributed by atoms with E-state index in [1.54, 1.807) is 30.3 Å². The van der Waals surface area contributed by atoms with Crippen LogP contribution in [0, 0.1) is 5.82 Å². The lowest BCUT2D eigenvalue weighted by Gasteiger charge is -2.12. The third kappa shape index (κ3) is 3.99. The lowest BCUT2D eigenvalue weighted by Crippen LogP contribution is -2.06. The van der Waals surface area contributed by atoms with Gasteiger partial charge in [-0.3, -0.25) is 0 Å². The van der Waals surface area contributed by atoms with Crippen molar-refractivity contribution in [3.63, 3.8) is 0 Å². The summed E-state index contributed by atoms with van der Waals surface area (Å²) in [5.74, 6) is -1.34. The second-order valence-electron chi connectivity index (χ2n) is 7.01. The van der Waals surface area contributed by atoms with Gasteiger partial charge in [-0.05, 0) is 48.0 Å². The van der Waals surface area contributed by atoms with Gasteiger partial charge in [-0.15, -0.1) is 0 Å². The zero-order valence-corrected chi connectivity index (χ0v) is 16.6. The van der Waals surface area contributed by atoms with E-state index in [9.17, 15) is 27.5 Å². The third-order valence-corrected chi connectivity index (χ3v) is 5.03. The number of hydrogen-bond donors (Lipinski definition) is 1. The standard InChI is InChI=1S/C24H15F4NO3/c1-32-16-6-2-13(3-7-16)17-8-4-14(10-20(17)25)22-12-19(23(30)31)18-11-15(24(26,27)28)5-9-21(18)29-22/h2-12H,1H3,(H,30,31). The third-order valence-electron chi connectivity index (χ3n) is 5.03. The first-order chi connectivity index (χ1) is 15.2. The number of benzene rings is 3. The van der Waals surface area contributed by atoms with Crippen LogP contribution in [0.3, 0.4) is 0 Å². The molecule has 0 aliphatic heterocycles. The van der Waals surface area contributed by atoms with Crippen molar-refractivity contribution in [2.75, 3.05) is 7.11 Å². The highest BCUT2D eigenvalue weighted by Gasteiger charge is 2.31. The van der Waals surface area contributed by atoms with Gasteiger partial charge in [0.2, 0.25) is 0 Å². The Balaban J connectivity index is 1.80. The molecule has 0 fully saturated rings. The fourth-order valence-corrected chi connectivity index (χ4v) is 3.41. The first-order valence-corrected chi connectivity index (χ1v) is 9.37. The van der Waals surface area contributed by atoms with Gasteiger partial charge in [-0.25, -0.2) is 14.2 Å². The zero-order chi connectivity index (χ0) is 23.0. The second-order valence-corrected chi connectivity index (χ2v) is 7.01. The Bertz CT molecular complexity index is 1330. The van der Waals surface area contributed by atoms with E-state index in [-0.39, 0.29) is 22.2 Å². The second kappa shape index (κ2) is 7.96. The van der Waals surface area contributed by atoms with Gasteiger partial charge in [-0.2, -0.15) is 13.2 Å². The minimum Gasteiger partial charge on any atom is -0.497 e. The van der Waals surface area contributed by atoms with Crippen LogP contribution in [-0.2, 0) is 6.18 Å². The molecule has 1 heterocycles. The van der Waals surface area contributed by atoms with E-state index in [1.807, 2.05) is 0 Å². The first kappa shape index (κ1) is 21.3. The molecule has 8 heteroatoms. The predicted octanol–water partition coefficient (Wildman–Crippen LogP) is 6.43. The highest BCUT2D eigenvalue weighted by Crippen LogP contribution is 2.34. The van der Waals surface area contributed by atoms with Crippen LogP contribution in [0.1, 0.15) is 15.9 Å². The van der Waals surface area contributed by atoms with Crippen molar-refractivity contribution in [3.8, 4) is 28.1 Å². The minimum absolute atomic E-state index is 0.0625. The van der Waals surface area contributed by atoms with Crippen LogP contribution in [0.15, 0.2) is 66.7 Å². The molecular formula is C24H15F4NO3. The average molecular weight is 441 g/mol. The van der Waals surface area contributed by atoms with Crippen molar-refractivity contribution >= 4 is 16.9 Å². The number of carboxylic acid groups (broad SMARTS) is 1. The highest BCUT2D eigenvalue weighted by molar-refractivity contribution is 6.04. The van der Waals surface area contributed by atoms with Gasteiger partial charge in [0, 0.05) is 16.5 Å². The maximum absolute atomic E-state index is 14.9. The SMILES string of the molecule is COc1ccc(-c2ccc(-c3cc(C(=O)O)c4cc(C(F)(F)F)ccc4n3)cc2F)cc1. The Hall–Kier alpha value is -3.94.